The van der Waals surface area contributed by atoms with Crippen LogP contribution in [0.5, 0.6) is 5.75 Å². The molecule has 0 saturated heterocycles. The first-order chi connectivity index (χ1) is 16.1. The predicted octanol–water partition coefficient (Wildman–Crippen LogP) is 5.71. The van der Waals surface area contributed by atoms with Crippen molar-refractivity contribution >= 4 is 28.3 Å². The molecule has 0 fully saturated rings. The lowest BCUT2D eigenvalue weighted by Crippen LogP contribution is -2.21. The van der Waals surface area contributed by atoms with Crippen LogP contribution in [0, 0.1) is 0 Å². The van der Waals surface area contributed by atoms with Gasteiger partial charge in [0.25, 0.3) is 5.91 Å². The van der Waals surface area contributed by atoms with Gasteiger partial charge in [-0.1, -0.05) is 12.1 Å². The van der Waals surface area contributed by atoms with Crippen molar-refractivity contribution in [2.75, 3.05) is 26.5 Å². The normalized spacial score (nSPS) is 11.5. The highest BCUT2D eigenvalue weighted by molar-refractivity contribution is 5.97. The fourth-order valence-electron chi connectivity index (χ4n) is 3.77. The van der Waals surface area contributed by atoms with E-state index in [9.17, 15) is 18.0 Å². The molecule has 0 aliphatic heterocycles. The number of aryl methyl sites for hydroxylation is 1. The number of amides is 1. The molecule has 0 unspecified atom stereocenters. The summed E-state index contributed by atoms with van der Waals surface area (Å²) in [5.41, 5.74) is 2.58. The number of fused-ring (bicyclic) bond motifs is 1. The summed E-state index contributed by atoms with van der Waals surface area (Å²) in [7, 11) is 6.61. The average molecular weight is 468 g/mol. The lowest BCUT2D eigenvalue weighted by atomic mass is 10.1. The highest BCUT2D eigenvalue weighted by Gasteiger charge is 2.31. The first kappa shape index (κ1) is 23.2. The fourth-order valence-corrected chi connectivity index (χ4v) is 3.77. The maximum atomic E-state index is 13.3. The number of aromatic nitrogens is 2. The minimum atomic E-state index is -4.51. The van der Waals surface area contributed by atoms with Crippen molar-refractivity contribution in [2.24, 2.45) is 7.05 Å². The van der Waals surface area contributed by atoms with Crippen LogP contribution >= 0.6 is 0 Å². The number of alkyl halides is 3. The number of halogens is 3. The SMILES string of the molecule is COc1cc(Nc2nccc3c2cc(-c2ccc(C(=O)N(C)C)cc2)n3C)cc(C(F)(F)F)c1. The zero-order chi connectivity index (χ0) is 24.6. The molecular weight excluding hydrogens is 445 g/mol. The average Bonchev–Trinajstić information content (AvgIpc) is 3.15. The van der Waals surface area contributed by atoms with Crippen LogP contribution in [-0.2, 0) is 13.2 Å². The highest BCUT2D eigenvalue weighted by Crippen LogP contribution is 2.36. The molecule has 176 valence electrons. The molecule has 2 heterocycles. The van der Waals surface area contributed by atoms with Crippen LogP contribution in [0.25, 0.3) is 22.2 Å². The minimum absolute atomic E-state index is 0.0872. The Hall–Kier alpha value is -4.01. The molecule has 4 rings (SSSR count). The molecule has 6 nitrogen and oxygen atoms in total. The molecular formula is C25H23F3N4O2. The molecule has 0 atom stereocenters. The second-order valence-corrected chi connectivity index (χ2v) is 8.03. The zero-order valence-electron chi connectivity index (χ0n) is 19.1. The summed E-state index contributed by atoms with van der Waals surface area (Å²) in [6.07, 6.45) is -2.91. The molecule has 2 aromatic heterocycles. The summed E-state index contributed by atoms with van der Waals surface area (Å²) in [6, 6.07) is 14.5. The van der Waals surface area contributed by atoms with Crippen LogP contribution in [0.3, 0.4) is 0 Å². The lowest BCUT2D eigenvalue weighted by Gasteiger charge is -2.13. The maximum absolute atomic E-state index is 13.3. The van der Waals surface area contributed by atoms with E-state index in [2.05, 4.69) is 10.3 Å². The standard InChI is InChI=1S/C25H23F3N4O2/c1-31(2)24(33)16-7-5-15(6-8-16)22-14-20-21(32(22)3)9-10-29-23(20)30-18-11-17(25(26,27)28)12-19(13-18)34-4/h5-14H,1-4H3,(H,29,30). The van der Waals surface area contributed by atoms with Gasteiger partial charge in [-0.15, -0.1) is 0 Å². The number of ether oxygens (including phenoxy) is 1. The second kappa shape index (κ2) is 8.74. The van der Waals surface area contributed by atoms with Crippen molar-refractivity contribution in [2.45, 2.75) is 6.18 Å². The molecule has 0 saturated carbocycles. The number of hydrogen-bond donors (Lipinski definition) is 1. The van der Waals surface area contributed by atoms with Gasteiger partial charge in [-0.05, 0) is 42.0 Å². The Morgan fingerprint density at radius 3 is 2.38 bits per heavy atom. The van der Waals surface area contributed by atoms with Gasteiger partial charge in [0.1, 0.15) is 11.6 Å². The van der Waals surface area contributed by atoms with Gasteiger partial charge in [0.15, 0.2) is 0 Å². The van der Waals surface area contributed by atoms with Crippen LogP contribution in [-0.4, -0.2) is 41.6 Å². The Kier molecular flexibility index (Phi) is 5.95. The number of rotatable bonds is 5. The fraction of sp³-hybridized carbons (Fsp3) is 0.200. The third kappa shape index (κ3) is 4.41. The van der Waals surface area contributed by atoms with Crippen LogP contribution in [0.15, 0.2) is 60.8 Å². The lowest BCUT2D eigenvalue weighted by molar-refractivity contribution is -0.137. The number of benzene rings is 2. The molecule has 9 heteroatoms. The summed E-state index contributed by atoms with van der Waals surface area (Å²) in [6.45, 7) is 0. The zero-order valence-corrected chi connectivity index (χ0v) is 19.1. The molecule has 34 heavy (non-hydrogen) atoms. The van der Waals surface area contributed by atoms with Gasteiger partial charge in [0, 0.05) is 55.7 Å². The molecule has 1 N–H and O–H groups in total. The molecule has 0 bridgehead atoms. The maximum Gasteiger partial charge on any atom is 0.416 e. The van der Waals surface area contributed by atoms with E-state index >= 15 is 0 Å². The quantitative estimate of drug-likeness (QED) is 0.407. The first-order valence-electron chi connectivity index (χ1n) is 10.4. The van der Waals surface area contributed by atoms with Crippen molar-refractivity contribution in [1.82, 2.24) is 14.5 Å². The smallest absolute Gasteiger partial charge is 0.416 e. The summed E-state index contributed by atoms with van der Waals surface area (Å²) < 4.78 is 47.0. The third-order valence-electron chi connectivity index (χ3n) is 5.54. The number of hydrogen-bond acceptors (Lipinski definition) is 4. The van der Waals surface area contributed by atoms with E-state index in [1.807, 2.05) is 35.9 Å². The molecule has 1 amide bonds. The van der Waals surface area contributed by atoms with Crippen molar-refractivity contribution in [3.63, 3.8) is 0 Å². The number of nitrogens with one attached hydrogen (secondary N) is 1. The van der Waals surface area contributed by atoms with Gasteiger partial charge in [0.2, 0.25) is 0 Å². The van der Waals surface area contributed by atoms with E-state index in [-0.39, 0.29) is 17.3 Å². The predicted molar refractivity (Wildman–Crippen MR) is 125 cm³/mol. The van der Waals surface area contributed by atoms with Gasteiger partial charge < -0.3 is 19.5 Å². The van der Waals surface area contributed by atoms with Crippen molar-refractivity contribution in [3.05, 3.63) is 71.9 Å². The molecule has 0 aliphatic carbocycles. The Morgan fingerprint density at radius 2 is 1.76 bits per heavy atom. The van der Waals surface area contributed by atoms with E-state index in [0.717, 1.165) is 34.3 Å². The molecule has 0 radical (unpaired) electrons. The van der Waals surface area contributed by atoms with Crippen molar-refractivity contribution in [1.29, 1.82) is 0 Å². The number of anilines is 2. The van der Waals surface area contributed by atoms with E-state index in [1.54, 1.807) is 32.4 Å². The summed E-state index contributed by atoms with van der Waals surface area (Å²) >= 11 is 0. The number of carbonyl (C=O) groups is 1. The largest absolute Gasteiger partial charge is 0.497 e. The van der Waals surface area contributed by atoms with Gasteiger partial charge in [0.05, 0.1) is 18.2 Å². The van der Waals surface area contributed by atoms with E-state index in [1.165, 1.54) is 18.1 Å². The van der Waals surface area contributed by atoms with Crippen molar-refractivity contribution < 1.29 is 22.7 Å². The van der Waals surface area contributed by atoms with E-state index in [4.69, 9.17) is 4.74 Å². The van der Waals surface area contributed by atoms with E-state index in [0.29, 0.717) is 11.4 Å². The van der Waals surface area contributed by atoms with Gasteiger partial charge in [-0.2, -0.15) is 13.2 Å². The number of methoxy groups -OCH3 is 1. The molecule has 0 aliphatic rings. The summed E-state index contributed by atoms with van der Waals surface area (Å²) in [5, 5.41) is 3.75. The molecule has 0 spiro atoms. The highest BCUT2D eigenvalue weighted by atomic mass is 19.4. The van der Waals surface area contributed by atoms with Crippen LogP contribution in [0.1, 0.15) is 15.9 Å². The topological polar surface area (TPSA) is 59.4 Å². The number of pyridine rings is 1. The van der Waals surface area contributed by atoms with Gasteiger partial charge in [-0.3, -0.25) is 4.79 Å². The van der Waals surface area contributed by atoms with Crippen molar-refractivity contribution in [3.8, 4) is 17.0 Å². The molecule has 4 aromatic rings. The first-order valence-corrected chi connectivity index (χ1v) is 10.4. The van der Waals surface area contributed by atoms with Crippen LogP contribution in [0.2, 0.25) is 0 Å². The number of nitrogens with zero attached hydrogens (tertiary/aromatic N) is 3. The minimum Gasteiger partial charge on any atom is -0.497 e. The van der Waals surface area contributed by atoms with Crippen LogP contribution < -0.4 is 10.1 Å². The Labute approximate surface area is 194 Å². The Bertz CT molecular complexity index is 1360. The summed E-state index contributed by atoms with van der Waals surface area (Å²) in [4.78, 5) is 18.0. The third-order valence-corrected chi connectivity index (χ3v) is 5.54. The monoisotopic (exact) mass is 468 g/mol. The van der Waals surface area contributed by atoms with E-state index < -0.39 is 11.7 Å². The van der Waals surface area contributed by atoms with Gasteiger partial charge in [-0.25, -0.2) is 4.98 Å². The summed E-state index contributed by atoms with van der Waals surface area (Å²) in [5.74, 6) is 0.418. The Morgan fingerprint density at radius 1 is 1.06 bits per heavy atom. The Balaban J connectivity index is 1.74. The van der Waals surface area contributed by atoms with Crippen LogP contribution in [0.4, 0.5) is 24.7 Å². The number of carbonyl (C=O) groups excluding carboxylic acids is 1. The molecule has 2 aromatic carbocycles. The van der Waals surface area contributed by atoms with Gasteiger partial charge >= 0.3 is 6.18 Å². The second-order valence-electron chi connectivity index (χ2n) is 8.03.